The summed E-state index contributed by atoms with van der Waals surface area (Å²) >= 11 is 0. The molecule has 0 spiro atoms. The van der Waals surface area contributed by atoms with Gasteiger partial charge < -0.3 is 5.11 Å². The van der Waals surface area contributed by atoms with Crippen LogP contribution in [0.5, 0.6) is 0 Å². The molecule has 0 aliphatic carbocycles. The van der Waals surface area contributed by atoms with E-state index in [0.29, 0.717) is 6.07 Å². The van der Waals surface area contributed by atoms with E-state index in [1.165, 1.54) is 6.92 Å². The van der Waals surface area contributed by atoms with Crippen molar-refractivity contribution < 1.29 is 49.1 Å². The van der Waals surface area contributed by atoms with E-state index in [4.69, 9.17) is 5.11 Å². The predicted octanol–water partition coefficient (Wildman–Crippen LogP) is 4.42. The molecule has 0 amide bonds. The van der Waals surface area contributed by atoms with Crippen LogP contribution >= 0.6 is 0 Å². The maximum absolute atomic E-state index is 14.6. The third-order valence-corrected chi connectivity index (χ3v) is 5.81. The zero-order valence-electron chi connectivity index (χ0n) is 14.0. The summed E-state index contributed by atoms with van der Waals surface area (Å²) in [7, 11) is -4.85. The number of alkyl halides is 7. The number of rotatable bonds is 6. The minimum atomic E-state index is -6.53. The zero-order valence-corrected chi connectivity index (χ0v) is 14.8. The summed E-state index contributed by atoms with van der Waals surface area (Å²) in [5, 5.41) is 9.10. The van der Waals surface area contributed by atoms with Crippen LogP contribution in [-0.4, -0.2) is 37.6 Å². The maximum Gasteiger partial charge on any atom is 0.435 e. The minimum Gasteiger partial charge on any atom is -0.478 e. The summed E-state index contributed by atoms with van der Waals surface area (Å²) < 4.78 is 118. The van der Waals surface area contributed by atoms with Crippen LogP contribution in [0.4, 0.5) is 30.7 Å². The van der Waals surface area contributed by atoms with Gasteiger partial charge in [0, 0.05) is 5.56 Å². The van der Waals surface area contributed by atoms with E-state index in [0.717, 1.165) is 6.92 Å². The molecule has 0 fully saturated rings. The van der Waals surface area contributed by atoms with Gasteiger partial charge in [-0.3, -0.25) is 0 Å². The molecule has 0 heterocycles. The lowest BCUT2D eigenvalue weighted by molar-refractivity contribution is -0.349. The number of benzene rings is 1. The third-order valence-electron chi connectivity index (χ3n) is 3.78. The molecule has 4 nitrogen and oxygen atoms in total. The molecule has 0 bridgehead atoms. The van der Waals surface area contributed by atoms with Gasteiger partial charge in [-0.1, -0.05) is 19.9 Å². The molecule has 1 aromatic rings. The number of sulfone groups is 1. The number of carbonyl (C=O) groups is 1. The number of aromatic carboxylic acids is 1. The lowest BCUT2D eigenvalue weighted by Gasteiger charge is -2.32. The highest BCUT2D eigenvalue weighted by Gasteiger charge is 2.74. The van der Waals surface area contributed by atoms with E-state index >= 15 is 0 Å². The number of halogens is 7. The lowest BCUT2D eigenvalue weighted by Crippen LogP contribution is -2.51. The number of carboxylic acid groups (broad SMARTS) is 1. The van der Waals surface area contributed by atoms with Crippen molar-refractivity contribution in [1.29, 1.82) is 0 Å². The van der Waals surface area contributed by atoms with Gasteiger partial charge in [0.1, 0.15) is 0 Å². The van der Waals surface area contributed by atoms with Gasteiger partial charge in [-0.15, -0.1) is 0 Å². The van der Waals surface area contributed by atoms with E-state index < -0.39 is 67.6 Å². The first-order valence-electron chi connectivity index (χ1n) is 7.51. The van der Waals surface area contributed by atoms with E-state index in [1.54, 1.807) is 0 Å². The second-order valence-electron chi connectivity index (χ2n) is 5.60. The molecule has 0 saturated heterocycles. The van der Waals surface area contributed by atoms with Crippen molar-refractivity contribution >= 4 is 15.8 Å². The molecule has 0 saturated carbocycles. The Kier molecular flexibility index (Phi) is 6.26. The van der Waals surface area contributed by atoms with Gasteiger partial charge in [-0.25, -0.2) is 17.6 Å². The molecule has 0 aromatic heterocycles. The molecule has 27 heavy (non-hydrogen) atoms. The maximum atomic E-state index is 14.6. The van der Waals surface area contributed by atoms with Gasteiger partial charge in [0.2, 0.25) is 0 Å². The zero-order chi connectivity index (χ0) is 21.4. The standard InChI is InChI=1S/C15H15F7O4S/c1-3-7-27(25,26)11-8(4-2)9(12(23)24)5-6-10(11)13(16,14(17,18)19)15(20,21)22/h5-6H,3-4,7H2,1-2H3,(H,23,24). The summed E-state index contributed by atoms with van der Waals surface area (Å²) in [6.45, 7) is 2.43. The molecule has 1 rings (SSSR count). The molecule has 0 atom stereocenters. The minimum absolute atomic E-state index is 0.0772. The van der Waals surface area contributed by atoms with Crippen LogP contribution < -0.4 is 0 Å². The van der Waals surface area contributed by atoms with Gasteiger partial charge >= 0.3 is 24.0 Å². The van der Waals surface area contributed by atoms with Crippen LogP contribution in [0, 0.1) is 0 Å². The van der Waals surface area contributed by atoms with Crippen LogP contribution in [0.2, 0.25) is 0 Å². The molecular weight excluding hydrogens is 409 g/mol. The van der Waals surface area contributed by atoms with Crippen LogP contribution in [0.25, 0.3) is 0 Å². The van der Waals surface area contributed by atoms with E-state index in [1.807, 2.05) is 0 Å². The van der Waals surface area contributed by atoms with Crippen LogP contribution in [0.15, 0.2) is 17.0 Å². The summed E-state index contributed by atoms with van der Waals surface area (Å²) in [5.41, 5.74) is -9.80. The van der Waals surface area contributed by atoms with Gasteiger partial charge in [0.25, 0.3) is 0 Å². The van der Waals surface area contributed by atoms with Gasteiger partial charge in [-0.2, -0.15) is 26.3 Å². The van der Waals surface area contributed by atoms with E-state index in [9.17, 15) is 43.9 Å². The summed E-state index contributed by atoms with van der Waals surface area (Å²) in [5.74, 6) is -2.66. The molecule has 0 unspecified atom stereocenters. The number of hydrogen-bond donors (Lipinski definition) is 1. The Morgan fingerprint density at radius 2 is 1.48 bits per heavy atom. The summed E-state index contributed by atoms with van der Waals surface area (Å²) in [6.07, 6.45) is -13.8. The van der Waals surface area contributed by atoms with Crippen LogP contribution in [0.3, 0.4) is 0 Å². The Balaban J connectivity index is 4.19. The van der Waals surface area contributed by atoms with E-state index in [2.05, 4.69) is 0 Å². The first kappa shape index (κ1) is 23.2. The van der Waals surface area contributed by atoms with Crippen molar-refractivity contribution in [2.75, 3.05) is 5.75 Å². The molecule has 154 valence electrons. The fourth-order valence-electron chi connectivity index (χ4n) is 2.64. The summed E-state index contributed by atoms with van der Waals surface area (Å²) in [6, 6.07) is 0.263. The smallest absolute Gasteiger partial charge is 0.435 e. The van der Waals surface area contributed by atoms with Crippen molar-refractivity contribution in [3.63, 3.8) is 0 Å². The average molecular weight is 424 g/mol. The Hall–Kier alpha value is -1.85. The lowest BCUT2D eigenvalue weighted by atomic mass is 9.90. The summed E-state index contributed by atoms with van der Waals surface area (Å²) in [4.78, 5) is 9.66. The van der Waals surface area contributed by atoms with Crippen molar-refractivity contribution in [3.8, 4) is 0 Å². The van der Waals surface area contributed by atoms with Crippen molar-refractivity contribution in [2.24, 2.45) is 0 Å². The van der Waals surface area contributed by atoms with Crippen molar-refractivity contribution in [2.45, 2.75) is 49.6 Å². The van der Waals surface area contributed by atoms with Crippen LogP contribution in [-0.2, 0) is 21.9 Å². The highest BCUT2D eigenvalue weighted by atomic mass is 32.2. The largest absolute Gasteiger partial charge is 0.478 e. The van der Waals surface area contributed by atoms with Gasteiger partial charge in [-0.05, 0) is 24.5 Å². The van der Waals surface area contributed by atoms with Gasteiger partial charge in [0.05, 0.1) is 16.2 Å². The number of carboxylic acids is 1. The average Bonchev–Trinajstić information content (AvgIpc) is 2.50. The monoisotopic (exact) mass is 424 g/mol. The Bertz CT molecular complexity index is 812. The quantitative estimate of drug-likeness (QED) is 0.687. The molecular formula is C15H15F7O4S. The normalized spacial score (nSPS) is 13.7. The molecule has 0 aliphatic heterocycles. The molecule has 1 aromatic carbocycles. The molecule has 0 radical (unpaired) electrons. The van der Waals surface area contributed by atoms with Crippen molar-refractivity contribution in [3.05, 3.63) is 28.8 Å². The topological polar surface area (TPSA) is 71.4 Å². The first-order valence-corrected chi connectivity index (χ1v) is 9.16. The molecule has 0 aliphatic rings. The number of hydrogen-bond acceptors (Lipinski definition) is 3. The van der Waals surface area contributed by atoms with Gasteiger partial charge in [0.15, 0.2) is 9.84 Å². The second-order valence-corrected chi connectivity index (χ2v) is 7.65. The third kappa shape index (κ3) is 3.90. The first-order chi connectivity index (χ1) is 12.1. The van der Waals surface area contributed by atoms with E-state index in [-0.39, 0.29) is 12.5 Å². The Morgan fingerprint density at radius 1 is 1.00 bits per heavy atom. The Morgan fingerprint density at radius 3 is 1.81 bits per heavy atom. The van der Waals surface area contributed by atoms with Crippen LogP contribution in [0.1, 0.15) is 41.8 Å². The predicted molar refractivity (Wildman–Crippen MR) is 80.0 cm³/mol. The molecule has 1 N–H and O–H groups in total. The fraction of sp³-hybridized carbons (Fsp3) is 0.533. The highest BCUT2D eigenvalue weighted by Crippen LogP contribution is 2.55. The second kappa shape index (κ2) is 7.28. The molecule has 12 heteroatoms. The Labute approximate surface area is 149 Å². The highest BCUT2D eigenvalue weighted by molar-refractivity contribution is 7.91. The fourth-order valence-corrected chi connectivity index (χ4v) is 4.56. The SMILES string of the molecule is CCCS(=O)(=O)c1c(C(F)(C(F)(F)F)C(F)(F)F)ccc(C(=O)O)c1CC. The van der Waals surface area contributed by atoms with Crippen molar-refractivity contribution in [1.82, 2.24) is 0 Å².